The first-order valence-corrected chi connectivity index (χ1v) is 16.1. The molecule has 1 aromatic heterocycles. The van der Waals surface area contributed by atoms with Gasteiger partial charge < -0.3 is 9.47 Å². The highest BCUT2D eigenvalue weighted by Crippen LogP contribution is 2.32. The van der Waals surface area contributed by atoms with E-state index in [-0.39, 0.29) is 12.2 Å². The number of ether oxygens (including phenoxy) is 2. The van der Waals surface area contributed by atoms with Crippen LogP contribution in [0.1, 0.15) is 42.1 Å². The molecular weight excluding hydrogens is 786 g/mol. The van der Waals surface area contributed by atoms with E-state index in [0.717, 1.165) is 29.4 Å². The summed E-state index contributed by atoms with van der Waals surface area (Å²) in [6, 6.07) is 18.7. The van der Waals surface area contributed by atoms with E-state index >= 15 is 0 Å². The molecule has 1 aliphatic rings. The van der Waals surface area contributed by atoms with Gasteiger partial charge in [0.25, 0.3) is 5.56 Å². The Kier molecular flexibility index (Phi) is 9.37. The predicted octanol–water partition coefficient (Wildman–Crippen LogP) is 6.55. The molecule has 210 valence electrons. The van der Waals surface area contributed by atoms with Crippen LogP contribution in [0.4, 0.5) is 0 Å². The summed E-state index contributed by atoms with van der Waals surface area (Å²) in [5.41, 5.74) is 4.29. The summed E-state index contributed by atoms with van der Waals surface area (Å²) in [6.45, 7) is 6.10. The van der Waals surface area contributed by atoms with E-state index < -0.39 is 12.0 Å². The van der Waals surface area contributed by atoms with Gasteiger partial charge in [0.2, 0.25) is 0 Å². The van der Waals surface area contributed by atoms with Gasteiger partial charge >= 0.3 is 5.97 Å². The first-order chi connectivity index (χ1) is 19.7. The molecule has 10 heteroatoms. The summed E-state index contributed by atoms with van der Waals surface area (Å²) in [4.78, 5) is 32.4. The zero-order chi connectivity index (χ0) is 29.3. The quantitative estimate of drug-likeness (QED) is 0.157. The Hall–Kier alpha value is -2.48. The lowest BCUT2D eigenvalue weighted by Gasteiger charge is -2.24. The van der Waals surface area contributed by atoms with E-state index in [0.29, 0.717) is 38.0 Å². The number of allylic oxidation sites excluding steroid dienone is 1. The summed E-state index contributed by atoms with van der Waals surface area (Å²) in [5.74, 6) is 0.202. The van der Waals surface area contributed by atoms with Crippen LogP contribution in [0.25, 0.3) is 6.08 Å². The fourth-order valence-corrected chi connectivity index (χ4v) is 7.91. The van der Waals surface area contributed by atoms with E-state index in [4.69, 9.17) is 21.1 Å². The van der Waals surface area contributed by atoms with Crippen molar-refractivity contribution in [1.82, 2.24) is 4.57 Å². The molecule has 0 saturated heterocycles. The molecule has 1 aliphatic heterocycles. The Morgan fingerprint density at radius 3 is 2.59 bits per heavy atom. The molecule has 0 bridgehead atoms. The highest BCUT2D eigenvalue weighted by atomic mass is 127. The van der Waals surface area contributed by atoms with Crippen molar-refractivity contribution in [2.45, 2.75) is 33.4 Å². The molecule has 0 fully saturated rings. The number of thiazole rings is 1. The van der Waals surface area contributed by atoms with Gasteiger partial charge in [-0.15, -0.1) is 0 Å². The third kappa shape index (κ3) is 6.47. The van der Waals surface area contributed by atoms with Gasteiger partial charge in [-0.25, -0.2) is 9.79 Å². The van der Waals surface area contributed by atoms with Crippen molar-refractivity contribution >= 4 is 80.2 Å². The Balaban J connectivity index is 1.65. The third-order valence-corrected chi connectivity index (χ3v) is 9.15. The first kappa shape index (κ1) is 30.0. The molecule has 1 atom stereocenters. The SMILES string of the molecule is CCOC(=O)C1=C(C)N=c2s/c(=C\c3cc(I)cc(I)c3OCc3cccc(Cl)c3)c(=O)n2[C@@H]1c1ccc(C)cc1. The number of aryl methyl sites for hydroxylation is 1. The number of carbonyl (C=O) groups excluding carboxylic acids is 1. The number of esters is 1. The minimum absolute atomic E-state index is 0.226. The molecule has 6 nitrogen and oxygen atoms in total. The van der Waals surface area contributed by atoms with Gasteiger partial charge in [0, 0.05) is 14.2 Å². The highest BCUT2D eigenvalue weighted by Gasteiger charge is 2.33. The molecule has 0 radical (unpaired) electrons. The number of aromatic nitrogens is 1. The Bertz CT molecular complexity index is 1860. The van der Waals surface area contributed by atoms with Gasteiger partial charge in [-0.05, 0) is 107 Å². The average Bonchev–Trinajstić information content (AvgIpc) is 3.22. The number of hydrogen-bond acceptors (Lipinski definition) is 6. The van der Waals surface area contributed by atoms with Crippen molar-refractivity contribution in [3.05, 3.63) is 126 Å². The largest absolute Gasteiger partial charge is 0.487 e. The topological polar surface area (TPSA) is 69.9 Å². The van der Waals surface area contributed by atoms with Crippen LogP contribution >= 0.6 is 68.1 Å². The van der Waals surface area contributed by atoms with Crippen LogP contribution in [0, 0.1) is 14.1 Å². The lowest BCUT2D eigenvalue weighted by atomic mass is 9.95. The normalized spacial score (nSPS) is 15.0. The molecule has 41 heavy (non-hydrogen) atoms. The molecule has 4 aromatic rings. The molecule has 0 spiro atoms. The van der Waals surface area contributed by atoms with Crippen molar-refractivity contribution in [1.29, 1.82) is 0 Å². The second-order valence-electron chi connectivity index (χ2n) is 9.44. The highest BCUT2D eigenvalue weighted by molar-refractivity contribution is 14.1. The zero-order valence-electron chi connectivity index (χ0n) is 22.4. The summed E-state index contributed by atoms with van der Waals surface area (Å²) < 4.78 is 15.7. The van der Waals surface area contributed by atoms with Crippen LogP contribution in [0.5, 0.6) is 5.75 Å². The smallest absolute Gasteiger partial charge is 0.338 e. The number of halogens is 3. The zero-order valence-corrected chi connectivity index (χ0v) is 28.3. The molecule has 0 saturated carbocycles. The lowest BCUT2D eigenvalue weighted by molar-refractivity contribution is -0.139. The van der Waals surface area contributed by atoms with Crippen molar-refractivity contribution in [3.63, 3.8) is 0 Å². The van der Waals surface area contributed by atoms with Crippen LogP contribution in [-0.4, -0.2) is 17.1 Å². The minimum atomic E-state index is -0.650. The summed E-state index contributed by atoms with van der Waals surface area (Å²) in [6.07, 6.45) is 1.84. The molecule has 0 unspecified atom stereocenters. The van der Waals surface area contributed by atoms with Crippen molar-refractivity contribution in [2.75, 3.05) is 6.61 Å². The van der Waals surface area contributed by atoms with Gasteiger partial charge in [0.05, 0.1) is 32.0 Å². The standard InChI is InChI=1S/C31H25ClI2N2O4S/c1-4-39-30(38)26-18(3)35-31-36(27(26)20-10-8-17(2)9-11-20)29(37)25(41-31)14-21-13-23(33)15-24(34)28(21)40-16-19-6-5-7-22(32)12-19/h5-15,27H,4,16H2,1-3H3/b25-14-/t27-/m1/s1. The number of fused-ring (bicyclic) bond motifs is 1. The maximum Gasteiger partial charge on any atom is 0.338 e. The third-order valence-electron chi connectivity index (χ3n) is 6.51. The molecule has 0 amide bonds. The van der Waals surface area contributed by atoms with Crippen LogP contribution in [-0.2, 0) is 16.1 Å². The van der Waals surface area contributed by atoms with E-state index in [9.17, 15) is 9.59 Å². The van der Waals surface area contributed by atoms with Crippen LogP contribution in [0.2, 0.25) is 5.02 Å². The van der Waals surface area contributed by atoms with Gasteiger partial charge in [-0.2, -0.15) is 0 Å². The van der Waals surface area contributed by atoms with E-state index in [1.54, 1.807) is 18.4 Å². The molecule has 0 N–H and O–H groups in total. The van der Waals surface area contributed by atoms with E-state index in [1.165, 1.54) is 11.3 Å². The fraction of sp³-hybridized carbons (Fsp3) is 0.194. The van der Waals surface area contributed by atoms with Crippen LogP contribution < -0.4 is 19.6 Å². The molecule has 3 aromatic carbocycles. The number of hydrogen-bond donors (Lipinski definition) is 0. The van der Waals surface area contributed by atoms with Crippen molar-refractivity contribution in [2.24, 2.45) is 4.99 Å². The average molecular weight is 811 g/mol. The van der Waals surface area contributed by atoms with Crippen molar-refractivity contribution in [3.8, 4) is 5.75 Å². The maximum absolute atomic E-state index is 14.0. The molecular formula is C31H25ClI2N2O4S. The number of rotatable bonds is 7. The van der Waals surface area contributed by atoms with Gasteiger partial charge in [0.15, 0.2) is 4.80 Å². The summed E-state index contributed by atoms with van der Waals surface area (Å²) in [5, 5.41) is 0.644. The van der Waals surface area contributed by atoms with E-state index in [1.807, 2.05) is 73.7 Å². The van der Waals surface area contributed by atoms with Gasteiger partial charge in [0.1, 0.15) is 12.4 Å². The second kappa shape index (κ2) is 12.8. The lowest BCUT2D eigenvalue weighted by Crippen LogP contribution is -2.39. The minimum Gasteiger partial charge on any atom is -0.487 e. The predicted molar refractivity (Wildman–Crippen MR) is 179 cm³/mol. The first-order valence-electron chi connectivity index (χ1n) is 12.8. The summed E-state index contributed by atoms with van der Waals surface area (Å²) in [7, 11) is 0. The maximum atomic E-state index is 14.0. The fourth-order valence-electron chi connectivity index (χ4n) is 4.62. The number of carbonyl (C=O) groups is 1. The Morgan fingerprint density at radius 1 is 1.12 bits per heavy atom. The van der Waals surface area contributed by atoms with Crippen LogP contribution in [0.15, 0.2) is 81.7 Å². The molecule has 0 aliphatic carbocycles. The monoisotopic (exact) mass is 810 g/mol. The van der Waals surface area contributed by atoms with Crippen molar-refractivity contribution < 1.29 is 14.3 Å². The number of nitrogens with zero attached hydrogens (tertiary/aromatic N) is 2. The summed E-state index contributed by atoms with van der Waals surface area (Å²) >= 11 is 12.0. The molecule has 5 rings (SSSR count). The van der Waals surface area contributed by atoms with Gasteiger partial charge in [-0.1, -0.05) is 64.9 Å². The Morgan fingerprint density at radius 2 is 1.88 bits per heavy atom. The van der Waals surface area contributed by atoms with Gasteiger partial charge in [-0.3, -0.25) is 9.36 Å². The molecule has 2 heterocycles. The number of benzene rings is 3. The van der Waals surface area contributed by atoms with Crippen LogP contribution in [0.3, 0.4) is 0 Å². The van der Waals surface area contributed by atoms with E-state index in [2.05, 4.69) is 50.2 Å². The Labute approximate surface area is 273 Å². The second-order valence-corrected chi connectivity index (χ2v) is 13.3.